The van der Waals surface area contributed by atoms with Gasteiger partial charge < -0.3 is 5.32 Å². The maximum absolute atomic E-state index is 12.2. The lowest BCUT2D eigenvalue weighted by atomic mass is 9.92. The van der Waals surface area contributed by atoms with Gasteiger partial charge in [0.05, 0.1) is 6.20 Å². The van der Waals surface area contributed by atoms with Crippen LogP contribution in [0.2, 0.25) is 0 Å². The Bertz CT molecular complexity index is 635. The molecule has 0 spiro atoms. The quantitative estimate of drug-likeness (QED) is 0.833. The van der Waals surface area contributed by atoms with Crippen molar-refractivity contribution >= 4 is 11.0 Å². The average Bonchev–Trinajstić information content (AvgIpc) is 2.73. The van der Waals surface area contributed by atoms with Crippen molar-refractivity contribution in [2.75, 3.05) is 13.1 Å². The Balaban J connectivity index is 1.94. The van der Waals surface area contributed by atoms with E-state index in [0.29, 0.717) is 23.0 Å². The van der Waals surface area contributed by atoms with Crippen LogP contribution >= 0.6 is 0 Å². The molecule has 0 aliphatic carbocycles. The van der Waals surface area contributed by atoms with Crippen LogP contribution < -0.4 is 10.9 Å². The van der Waals surface area contributed by atoms with Gasteiger partial charge in [-0.05, 0) is 18.4 Å². The van der Waals surface area contributed by atoms with Crippen LogP contribution in [0.1, 0.15) is 27.2 Å². The van der Waals surface area contributed by atoms with Crippen molar-refractivity contribution in [1.29, 1.82) is 0 Å². The third-order valence-electron chi connectivity index (χ3n) is 3.30. The lowest BCUT2D eigenvalue weighted by Gasteiger charge is -2.18. The Labute approximate surface area is 118 Å². The number of aryl methyl sites for hydroxylation is 1. The van der Waals surface area contributed by atoms with Crippen LogP contribution in [-0.2, 0) is 13.6 Å². The molecule has 110 valence electrons. The molecule has 2 rings (SSSR count). The second-order valence-corrected chi connectivity index (χ2v) is 6.31. The number of nitrogens with zero attached hydrogens (tertiary/aromatic N) is 4. The van der Waals surface area contributed by atoms with Crippen LogP contribution in [0.15, 0.2) is 17.3 Å². The number of nitrogens with one attached hydrogen (secondary N) is 1. The fourth-order valence-corrected chi connectivity index (χ4v) is 2.01. The molecule has 0 aliphatic rings. The summed E-state index contributed by atoms with van der Waals surface area (Å²) in [6.07, 6.45) is 4.29. The van der Waals surface area contributed by atoms with E-state index in [1.165, 1.54) is 0 Å². The lowest BCUT2D eigenvalue weighted by molar-refractivity contribution is 0.365. The van der Waals surface area contributed by atoms with Gasteiger partial charge in [-0.25, -0.2) is 4.98 Å². The topological polar surface area (TPSA) is 64.7 Å². The van der Waals surface area contributed by atoms with Crippen molar-refractivity contribution < 1.29 is 0 Å². The number of rotatable bonds is 5. The van der Waals surface area contributed by atoms with E-state index in [0.717, 1.165) is 19.5 Å². The summed E-state index contributed by atoms with van der Waals surface area (Å²) in [5.41, 5.74) is 0.938. The Morgan fingerprint density at radius 2 is 2.05 bits per heavy atom. The minimum Gasteiger partial charge on any atom is -0.315 e. The molecule has 6 nitrogen and oxygen atoms in total. The molecule has 2 aromatic rings. The fourth-order valence-electron chi connectivity index (χ4n) is 2.01. The number of hydrogen-bond donors (Lipinski definition) is 1. The van der Waals surface area contributed by atoms with Gasteiger partial charge in [-0.1, -0.05) is 20.8 Å². The van der Waals surface area contributed by atoms with Gasteiger partial charge in [0.2, 0.25) is 0 Å². The summed E-state index contributed by atoms with van der Waals surface area (Å²) >= 11 is 0. The standard InChI is InChI=1S/C14H23N5O/c1-14(2,3)5-6-15-7-8-19-10-16-12-11(13(19)20)9-17-18(12)4/h9-10,15H,5-8H2,1-4H3. The molecule has 6 heteroatoms. The van der Waals surface area contributed by atoms with Crippen molar-refractivity contribution in [2.45, 2.75) is 33.7 Å². The summed E-state index contributed by atoms with van der Waals surface area (Å²) < 4.78 is 3.25. The van der Waals surface area contributed by atoms with E-state index in [1.807, 2.05) is 0 Å². The summed E-state index contributed by atoms with van der Waals surface area (Å²) in [7, 11) is 1.78. The van der Waals surface area contributed by atoms with Crippen LogP contribution in [0.3, 0.4) is 0 Å². The summed E-state index contributed by atoms with van der Waals surface area (Å²) in [6.45, 7) is 9.02. The third kappa shape index (κ3) is 3.45. The van der Waals surface area contributed by atoms with Crippen LogP contribution in [0.4, 0.5) is 0 Å². The van der Waals surface area contributed by atoms with Crippen LogP contribution in [0, 0.1) is 5.41 Å². The molecule has 0 atom stereocenters. The van der Waals surface area contributed by atoms with Gasteiger partial charge in [0.1, 0.15) is 11.7 Å². The summed E-state index contributed by atoms with van der Waals surface area (Å²) in [5.74, 6) is 0. The molecular weight excluding hydrogens is 254 g/mol. The molecule has 0 bridgehead atoms. The maximum atomic E-state index is 12.2. The minimum absolute atomic E-state index is 0.0271. The first-order valence-electron chi connectivity index (χ1n) is 6.96. The fraction of sp³-hybridized carbons (Fsp3) is 0.643. The molecule has 0 aliphatic heterocycles. The molecule has 0 aromatic carbocycles. The van der Waals surface area contributed by atoms with Gasteiger partial charge in [0, 0.05) is 20.1 Å². The van der Waals surface area contributed by atoms with Gasteiger partial charge in [-0.15, -0.1) is 0 Å². The SMILES string of the molecule is Cn1ncc2c(=O)n(CCNCCC(C)(C)C)cnc21. The molecule has 0 fully saturated rings. The van der Waals surface area contributed by atoms with E-state index in [9.17, 15) is 4.79 Å². The molecule has 2 aromatic heterocycles. The number of fused-ring (bicyclic) bond motifs is 1. The van der Waals surface area contributed by atoms with Gasteiger partial charge in [0.15, 0.2) is 5.65 Å². The summed E-state index contributed by atoms with van der Waals surface area (Å²) in [4.78, 5) is 16.5. The zero-order valence-electron chi connectivity index (χ0n) is 12.7. The van der Waals surface area contributed by atoms with Gasteiger partial charge in [0.25, 0.3) is 5.56 Å². The van der Waals surface area contributed by atoms with Crippen molar-refractivity contribution in [3.8, 4) is 0 Å². The normalized spacial score (nSPS) is 12.2. The van der Waals surface area contributed by atoms with Crippen molar-refractivity contribution in [3.05, 3.63) is 22.9 Å². The highest BCUT2D eigenvalue weighted by Crippen LogP contribution is 2.16. The Morgan fingerprint density at radius 1 is 1.30 bits per heavy atom. The largest absolute Gasteiger partial charge is 0.315 e. The van der Waals surface area contributed by atoms with E-state index < -0.39 is 0 Å². The molecule has 1 N–H and O–H groups in total. The van der Waals surface area contributed by atoms with E-state index in [-0.39, 0.29) is 5.56 Å². The second-order valence-electron chi connectivity index (χ2n) is 6.31. The highest BCUT2D eigenvalue weighted by Gasteiger charge is 2.09. The molecule has 0 saturated carbocycles. The Hall–Kier alpha value is -1.69. The smallest absolute Gasteiger partial charge is 0.264 e. The molecule has 0 amide bonds. The van der Waals surface area contributed by atoms with Crippen molar-refractivity contribution in [3.63, 3.8) is 0 Å². The van der Waals surface area contributed by atoms with Crippen LogP contribution in [0.5, 0.6) is 0 Å². The zero-order chi connectivity index (χ0) is 14.8. The van der Waals surface area contributed by atoms with Crippen LogP contribution in [-0.4, -0.2) is 32.4 Å². The molecule has 0 saturated heterocycles. The highest BCUT2D eigenvalue weighted by molar-refractivity contribution is 5.72. The highest BCUT2D eigenvalue weighted by atomic mass is 16.1. The number of hydrogen-bond acceptors (Lipinski definition) is 4. The number of aromatic nitrogens is 4. The Morgan fingerprint density at radius 3 is 2.75 bits per heavy atom. The molecule has 0 radical (unpaired) electrons. The van der Waals surface area contributed by atoms with Gasteiger partial charge in [-0.3, -0.25) is 14.0 Å². The third-order valence-corrected chi connectivity index (χ3v) is 3.30. The van der Waals surface area contributed by atoms with Crippen LogP contribution in [0.25, 0.3) is 11.0 Å². The predicted octanol–water partition coefficient (Wildman–Crippen LogP) is 1.16. The second kappa shape index (κ2) is 5.75. The molecular formula is C14H23N5O. The first-order valence-corrected chi connectivity index (χ1v) is 6.96. The maximum Gasteiger partial charge on any atom is 0.264 e. The first kappa shape index (κ1) is 14.7. The lowest BCUT2D eigenvalue weighted by Crippen LogP contribution is -2.29. The van der Waals surface area contributed by atoms with Gasteiger partial charge in [-0.2, -0.15) is 5.10 Å². The van der Waals surface area contributed by atoms with E-state index in [1.54, 1.807) is 28.8 Å². The monoisotopic (exact) mass is 277 g/mol. The summed E-state index contributed by atoms with van der Waals surface area (Å²) in [5, 5.41) is 8.00. The predicted molar refractivity (Wildman–Crippen MR) is 79.7 cm³/mol. The zero-order valence-corrected chi connectivity index (χ0v) is 12.7. The molecule has 20 heavy (non-hydrogen) atoms. The molecule has 2 heterocycles. The average molecular weight is 277 g/mol. The summed E-state index contributed by atoms with van der Waals surface area (Å²) in [6, 6.07) is 0. The molecule has 0 unspecified atom stereocenters. The minimum atomic E-state index is -0.0271. The van der Waals surface area contributed by atoms with E-state index in [4.69, 9.17) is 0 Å². The first-order chi connectivity index (χ1) is 9.38. The van der Waals surface area contributed by atoms with Crippen molar-refractivity contribution in [2.24, 2.45) is 12.5 Å². The Kier molecular flexibility index (Phi) is 4.23. The van der Waals surface area contributed by atoms with Crippen molar-refractivity contribution in [1.82, 2.24) is 24.6 Å². The van der Waals surface area contributed by atoms with E-state index >= 15 is 0 Å². The van der Waals surface area contributed by atoms with Gasteiger partial charge >= 0.3 is 0 Å². The van der Waals surface area contributed by atoms with E-state index in [2.05, 4.69) is 36.2 Å².